The predicted octanol–water partition coefficient (Wildman–Crippen LogP) is 2.93. The number of hydrogen-bond acceptors (Lipinski definition) is 5. The van der Waals surface area contributed by atoms with E-state index in [1.54, 1.807) is 6.07 Å². The SMILES string of the molecule is O=c1ccc(-c2ccccc2)nn1Cc1nc(Cc2ccccc2)no1. The van der Waals surface area contributed by atoms with Gasteiger partial charge in [-0.2, -0.15) is 10.1 Å². The highest BCUT2D eigenvalue weighted by atomic mass is 16.5. The van der Waals surface area contributed by atoms with Crippen LogP contribution in [0.4, 0.5) is 0 Å². The van der Waals surface area contributed by atoms with Gasteiger partial charge in [-0.15, -0.1) is 0 Å². The molecule has 0 aliphatic heterocycles. The molecule has 0 N–H and O–H groups in total. The highest BCUT2D eigenvalue weighted by Gasteiger charge is 2.10. The molecule has 0 unspecified atom stereocenters. The third-order valence-electron chi connectivity index (χ3n) is 3.94. The molecule has 6 nitrogen and oxygen atoms in total. The van der Waals surface area contributed by atoms with Crippen LogP contribution in [0.5, 0.6) is 0 Å². The van der Waals surface area contributed by atoms with Gasteiger partial charge in [-0.05, 0) is 11.6 Å². The fourth-order valence-electron chi connectivity index (χ4n) is 2.66. The summed E-state index contributed by atoms with van der Waals surface area (Å²) in [6.07, 6.45) is 0.580. The molecule has 0 radical (unpaired) electrons. The first-order valence-electron chi connectivity index (χ1n) is 8.27. The van der Waals surface area contributed by atoms with E-state index in [0.717, 1.165) is 11.1 Å². The summed E-state index contributed by atoms with van der Waals surface area (Å²) in [5, 5.41) is 8.40. The van der Waals surface area contributed by atoms with Crippen LogP contribution in [0.1, 0.15) is 17.3 Å². The van der Waals surface area contributed by atoms with E-state index in [1.807, 2.05) is 60.7 Å². The Balaban J connectivity index is 1.55. The summed E-state index contributed by atoms with van der Waals surface area (Å²) in [7, 11) is 0. The Bertz CT molecular complexity index is 1060. The molecular weight excluding hydrogens is 328 g/mol. The number of aromatic nitrogens is 4. The van der Waals surface area contributed by atoms with Crippen molar-refractivity contribution in [3.63, 3.8) is 0 Å². The summed E-state index contributed by atoms with van der Waals surface area (Å²) in [6, 6.07) is 22.8. The Labute approximate surface area is 149 Å². The Morgan fingerprint density at radius 3 is 2.38 bits per heavy atom. The van der Waals surface area contributed by atoms with Crippen molar-refractivity contribution >= 4 is 0 Å². The number of nitrogens with zero attached hydrogens (tertiary/aromatic N) is 4. The van der Waals surface area contributed by atoms with Gasteiger partial charge in [0.15, 0.2) is 5.82 Å². The standard InChI is InChI=1S/C20H16N4O2/c25-20-12-11-17(16-9-5-2-6-10-16)22-24(20)14-19-21-18(23-26-19)13-15-7-3-1-4-8-15/h1-12H,13-14H2. The van der Waals surface area contributed by atoms with Gasteiger partial charge in [0.1, 0.15) is 6.54 Å². The first kappa shape index (κ1) is 16.0. The van der Waals surface area contributed by atoms with Crippen LogP contribution in [0.15, 0.2) is 82.1 Å². The van der Waals surface area contributed by atoms with E-state index >= 15 is 0 Å². The Morgan fingerprint density at radius 1 is 0.885 bits per heavy atom. The minimum atomic E-state index is -0.215. The van der Waals surface area contributed by atoms with E-state index in [-0.39, 0.29) is 12.1 Å². The lowest BCUT2D eigenvalue weighted by atomic mass is 10.1. The summed E-state index contributed by atoms with van der Waals surface area (Å²) in [4.78, 5) is 16.5. The van der Waals surface area contributed by atoms with Crippen LogP contribution in [0.2, 0.25) is 0 Å². The van der Waals surface area contributed by atoms with Crippen molar-refractivity contribution in [3.8, 4) is 11.3 Å². The first-order valence-corrected chi connectivity index (χ1v) is 8.27. The van der Waals surface area contributed by atoms with Crippen LogP contribution in [-0.4, -0.2) is 19.9 Å². The maximum absolute atomic E-state index is 12.1. The van der Waals surface area contributed by atoms with Gasteiger partial charge in [-0.1, -0.05) is 65.8 Å². The quantitative estimate of drug-likeness (QED) is 0.556. The van der Waals surface area contributed by atoms with Crippen molar-refractivity contribution in [2.45, 2.75) is 13.0 Å². The minimum Gasteiger partial charge on any atom is -0.337 e. The normalized spacial score (nSPS) is 10.8. The molecule has 26 heavy (non-hydrogen) atoms. The Morgan fingerprint density at radius 2 is 1.62 bits per heavy atom. The molecule has 0 amide bonds. The van der Waals surface area contributed by atoms with Crippen molar-refractivity contribution in [2.75, 3.05) is 0 Å². The van der Waals surface area contributed by atoms with Gasteiger partial charge in [0.25, 0.3) is 5.56 Å². The van der Waals surface area contributed by atoms with Gasteiger partial charge in [0.2, 0.25) is 5.89 Å². The lowest BCUT2D eigenvalue weighted by molar-refractivity contribution is 0.359. The van der Waals surface area contributed by atoms with Crippen molar-refractivity contribution in [1.82, 2.24) is 19.9 Å². The second-order valence-electron chi connectivity index (χ2n) is 5.85. The summed E-state index contributed by atoms with van der Waals surface area (Å²) in [5.41, 5.74) is 2.54. The zero-order valence-corrected chi connectivity index (χ0v) is 13.9. The largest absolute Gasteiger partial charge is 0.337 e. The average Bonchev–Trinajstić information content (AvgIpc) is 3.12. The van der Waals surface area contributed by atoms with Gasteiger partial charge in [-0.3, -0.25) is 4.79 Å². The van der Waals surface area contributed by atoms with Crippen LogP contribution in [-0.2, 0) is 13.0 Å². The fourth-order valence-corrected chi connectivity index (χ4v) is 2.66. The van der Waals surface area contributed by atoms with Gasteiger partial charge < -0.3 is 4.52 Å². The van der Waals surface area contributed by atoms with Crippen LogP contribution in [0, 0.1) is 0 Å². The smallest absolute Gasteiger partial charge is 0.267 e. The monoisotopic (exact) mass is 344 g/mol. The summed E-state index contributed by atoms with van der Waals surface area (Å²) in [6.45, 7) is 0.140. The van der Waals surface area contributed by atoms with Gasteiger partial charge in [-0.25, -0.2) is 4.68 Å². The molecule has 0 aliphatic carbocycles. The minimum absolute atomic E-state index is 0.140. The number of hydrogen-bond donors (Lipinski definition) is 0. The maximum atomic E-state index is 12.1. The van der Waals surface area contributed by atoms with E-state index in [4.69, 9.17) is 4.52 Å². The van der Waals surface area contributed by atoms with E-state index in [2.05, 4.69) is 15.2 Å². The summed E-state index contributed by atoms with van der Waals surface area (Å²) >= 11 is 0. The predicted molar refractivity (Wildman–Crippen MR) is 96.6 cm³/mol. The Kier molecular flexibility index (Phi) is 4.38. The third-order valence-corrected chi connectivity index (χ3v) is 3.94. The van der Waals surface area contributed by atoms with Crippen molar-refractivity contribution in [1.29, 1.82) is 0 Å². The molecule has 4 aromatic rings. The molecule has 0 saturated heterocycles. The average molecular weight is 344 g/mol. The van der Waals surface area contributed by atoms with E-state index in [1.165, 1.54) is 10.7 Å². The molecule has 0 aliphatic rings. The zero-order valence-electron chi connectivity index (χ0n) is 13.9. The van der Waals surface area contributed by atoms with Crippen molar-refractivity contribution < 1.29 is 4.52 Å². The zero-order chi connectivity index (χ0) is 17.8. The second-order valence-corrected chi connectivity index (χ2v) is 5.85. The van der Waals surface area contributed by atoms with Gasteiger partial charge in [0.05, 0.1) is 5.69 Å². The van der Waals surface area contributed by atoms with Gasteiger partial charge >= 0.3 is 0 Å². The fraction of sp³-hybridized carbons (Fsp3) is 0.100. The molecule has 2 heterocycles. The van der Waals surface area contributed by atoms with Crippen LogP contribution >= 0.6 is 0 Å². The maximum Gasteiger partial charge on any atom is 0.267 e. The molecule has 128 valence electrons. The number of benzene rings is 2. The molecule has 0 fully saturated rings. The highest BCUT2D eigenvalue weighted by molar-refractivity contribution is 5.57. The highest BCUT2D eigenvalue weighted by Crippen LogP contribution is 2.14. The molecule has 2 aromatic carbocycles. The van der Waals surface area contributed by atoms with Crippen LogP contribution in [0.25, 0.3) is 11.3 Å². The molecule has 2 aromatic heterocycles. The molecule has 0 spiro atoms. The molecule has 6 heteroatoms. The molecule has 0 bridgehead atoms. The van der Waals surface area contributed by atoms with Gasteiger partial charge in [0, 0.05) is 18.1 Å². The lowest BCUT2D eigenvalue weighted by Gasteiger charge is -2.04. The summed E-state index contributed by atoms with van der Waals surface area (Å²) in [5.74, 6) is 0.939. The summed E-state index contributed by atoms with van der Waals surface area (Å²) < 4.78 is 6.62. The topological polar surface area (TPSA) is 73.8 Å². The van der Waals surface area contributed by atoms with E-state index < -0.39 is 0 Å². The molecule has 0 atom stereocenters. The van der Waals surface area contributed by atoms with Crippen molar-refractivity contribution in [3.05, 3.63) is 100 Å². The lowest BCUT2D eigenvalue weighted by Crippen LogP contribution is -2.23. The molecule has 0 saturated carbocycles. The second kappa shape index (κ2) is 7.14. The Hall–Kier alpha value is -3.54. The number of rotatable bonds is 5. The van der Waals surface area contributed by atoms with E-state index in [0.29, 0.717) is 23.8 Å². The molecular formula is C20H16N4O2. The van der Waals surface area contributed by atoms with Crippen LogP contribution < -0.4 is 5.56 Å². The van der Waals surface area contributed by atoms with Crippen LogP contribution in [0.3, 0.4) is 0 Å². The molecule has 4 rings (SSSR count). The first-order chi connectivity index (χ1) is 12.8. The van der Waals surface area contributed by atoms with Crippen molar-refractivity contribution in [2.24, 2.45) is 0 Å². The van der Waals surface area contributed by atoms with E-state index in [9.17, 15) is 4.79 Å². The third kappa shape index (κ3) is 3.59.